The molecule has 3 saturated heterocycles. The van der Waals surface area contributed by atoms with Gasteiger partial charge in [0.2, 0.25) is 0 Å². The normalized spacial score (nSPS) is 49.7. The van der Waals surface area contributed by atoms with Gasteiger partial charge in [0, 0.05) is 44.4 Å². The van der Waals surface area contributed by atoms with Crippen LogP contribution in [0.25, 0.3) is 0 Å². The maximum atomic E-state index is 14.2. The minimum atomic E-state index is -1.94. The molecular formula is C37H68N2O13. The van der Waals surface area contributed by atoms with Crippen LogP contribution >= 0.6 is 0 Å². The molecule has 6 N–H and O–H groups in total. The van der Waals surface area contributed by atoms with Crippen molar-refractivity contribution in [1.82, 2.24) is 5.32 Å². The molecule has 0 radical (unpaired) electrons. The predicted octanol–water partition coefficient (Wildman–Crippen LogP) is 2.36. The summed E-state index contributed by atoms with van der Waals surface area (Å²) in [4.78, 5) is 14.2. The number of carbonyl (C=O) groups is 1. The fourth-order valence-electron chi connectivity index (χ4n) is 8.58. The molecule has 0 bridgehead atoms. The van der Waals surface area contributed by atoms with E-state index in [2.05, 4.69) is 10.5 Å². The Bertz CT molecular complexity index is 1190. The third kappa shape index (κ3) is 9.30. The maximum absolute atomic E-state index is 14.2. The lowest BCUT2D eigenvalue weighted by Crippen LogP contribution is -2.61. The average molecular weight is 749 g/mol. The van der Waals surface area contributed by atoms with E-state index >= 15 is 0 Å². The quantitative estimate of drug-likeness (QED) is 0.120. The van der Waals surface area contributed by atoms with Crippen LogP contribution in [-0.4, -0.2) is 143 Å². The van der Waals surface area contributed by atoms with E-state index in [1.165, 1.54) is 21.1 Å². The van der Waals surface area contributed by atoms with Crippen LogP contribution in [0.1, 0.15) is 94.9 Å². The molecule has 3 rings (SSSR count). The monoisotopic (exact) mass is 748 g/mol. The molecule has 304 valence electrons. The Morgan fingerprint density at radius 2 is 1.52 bits per heavy atom. The van der Waals surface area contributed by atoms with Crippen molar-refractivity contribution in [3.63, 3.8) is 0 Å². The molecule has 0 saturated carbocycles. The molecule has 0 aromatic carbocycles. The summed E-state index contributed by atoms with van der Waals surface area (Å²) in [5.41, 5.74) is -3.99. The van der Waals surface area contributed by atoms with Crippen molar-refractivity contribution in [3.8, 4) is 0 Å². The fraction of sp³-hybridized carbons (Fsp3) is 0.946. The molecule has 0 aromatic heterocycles. The average Bonchev–Trinajstić information content (AvgIpc) is 3.10. The molecular weight excluding hydrogens is 680 g/mol. The van der Waals surface area contributed by atoms with Crippen LogP contribution < -0.4 is 5.32 Å². The highest BCUT2D eigenvalue weighted by Crippen LogP contribution is 2.41. The SMILES string of the molecule is CC[C@H]1OC(=O)[C@H](C)[C@@H](O[C@H]2C[C@@](C)(OC)[C@@H](O)[C@H](C)O2)[C@H](C)[C@@H](O[C@@H]2O[C@H](C)C[C@H](NC)[C@H]2O)[C@](C)(OC)C[C@@H](C)C(=NO)[C@H](C)[C@@H](O)[C@]1(C)O. The van der Waals surface area contributed by atoms with Crippen LogP contribution in [0.5, 0.6) is 0 Å². The van der Waals surface area contributed by atoms with E-state index in [0.717, 1.165) is 0 Å². The number of cyclic esters (lactones) is 1. The topological polar surface area (TPSA) is 207 Å². The standard InChI is InChI=1S/C37H68N2O13/c1-14-25-37(10,44)30(41)20(4)27(39-45)18(2)16-36(9,47-13)32(52-34-28(40)24(38-11)15-19(3)48-34)21(5)29(22(6)33(43)50-25)51-26-17-35(8,46-12)31(42)23(7)49-26/h18-26,28-32,34,38,40-42,44-45H,14-17H2,1-13H3/t18-,19-,20+,21+,22-,23+,24+,25-,26+,28-,29+,30-,31+,32-,34+,35-,36-,37-/m1/s1. The summed E-state index contributed by atoms with van der Waals surface area (Å²) in [6.07, 6.45) is -8.58. The molecule has 15 heteroatoms. The van der Waals surface area contributed by atoms with Crippen molar-refractivity contribution in [1.29, 1.82) is 0 Å². The van der Waals surface area contributed by atoms with Gasteiger partial charge < -0.3 is 64.1 Å². The van der Waals surface area contributed by atoms with Gasteiger partial charge in [-0.05, 0) is 67.9 Å². The fourth-order valence-corrected chi connectivity index (χ4v) is 8.58. The molecule has 52 heavy (non-hydrogen) atoms. The van der Waals surface area contributed by atoms with E-state index in [9.17, 15) is 30.4 Å². The Labute approximate surface area is 309 Å². The lowest BCUT2D eigenvalue weighted by molar-refractivity contribution is -0.317. The van der Waals surface area contributed by atoms with Crippen molar-refractivity contribution < 1.29 is 63.6 Å². The maximum Gasteiger partial charge on any atom is 0.311 e. The zero-order chi connectivity index (χ0) is 39.5. The smallest absolute Gasteiger partial charge is 0.311 e. The number of nitrogens with zero attached hydrogens (tertiary/aromatic N) is 1. The van der Waals surface area contributed by atoms with Gasteiger partial charge in [-0.15, -0.1) is 0 Å². The molecule has 0 amide bonds. The van der Waals surface area contributed by atoms with Gasteiger partial charge in [0.25, 0.3) is 0 Å². The minimum Gasteiger partial charge on any atom is -0.459 e. The van der Waals surface area contributed by atoms with E-state index in [1.807, 2.05) is 27.7 Å². The minimum absolute atomic E-state index is 0.128. The second kappa shape index (κ2) is 18.0. The number of hydrogen-bond acceptors (Lipinski definition) is 15. The van der Waals surface area contributed by atoms with Gasteiger partial charge in [-0.2, -0.15) is 0 Å². The highest BCUT2D eigenvalue weighted by Gasteiger charge is 2.53. The summed E-state index contributed by atoms with van der Waals surface area (Å²) < 4.78 is 43.9. The summed E-state index contributed by atoms with van der Waals surface area (Å²) >= 11 is 0. The summed E-state index contributed by atoms with van der Waals surface area (Å²) in [7, 11) is 4.78. The first-order chi connectivity index (χ1) is 24.2. The van der Waals surface area contributed by atoms with Gasteiger partial charge in [0.15, 0.2) is 12.6 Å². The Kier molecular flexibility index (Phi) is 15.5. The first-order valence-corrected chi connectivity index (χ1v) is 18.7. The van der Waals surface area contributed by atoms with Crippen LogP contribution in [-0.2, 0) is 38.0 Å². The van der Waals surface area contributed by atoms with Crippen molar-refractivity contribution in [2.75, 3.05) is 21.3 Å². The zero-order valence-corrected chi connectivity index (χ0v) is 33.4. The lowest BCUT2D eigenvalue weighted by atomic mass is 9.73. The molecule has 3 aliphatic heterocycles. The third-order valence-electron chi connectivity index (χ3n) is 12.2. The number of rotatable bonds is 8. The van der Waals surface area contributed by atoms with Crippen molar-refractivity contribution in [2.24, 2.45) is 28.8 Å². The highest BCUT2D eigenvalue weighted by molar-refractivity contribution is 5.88. The largest absolute Gasteiger partial charge is 0.459 e. The first-order valence-electron chi connectivity index (χ1n) is 18.7. The number of hydrogen-bond donors (Lipinski definition) is 6. The number of carbonyl (C=O) groups excluding carboxylic acids is 1. The summed E-state index contributed by atoms with van der Waals surface area (Å²) in [6, 6.07) is -0.333. The van der Waals surface area contributed by atoms with Gasteiger partial charge in [-0.25, -0.2) is 0 Å². The Morgan fingerprint density at radius 1 is 0.904 bits per heavy atom. The first kappa shape index (κ1) is 44.9. The summed E-state index contributed by atoms with van der Waals surface area (Å²) in [5.74, 6) is -3.82. The number of oxime groups is 1. The third-order valence-corrected chi connectivity index (χ3v) is 12.2. The lowest BCUT2D eigenvalue weighted by Gasteiger charge is -2.49. The van der Waals surface area contributed by atoms with Gasteiger partial charge >= 0.3 is 5.97 Å². The molecule has 15 nitrogen and oxygen atoms in total. The molecule has 18 atom stereocenters. The number of nitrogens with one attached hydrogen (secondary N) is 1. The van der Waals surface area contributed by atoms with Gasteiger partial charge in [0.05, 0.1) is 53.4 Å². The molecule has 0 aliphatic carbocycles. The number of aliphatic hydroxyl groups is 4. The number of methoxy groups -OCH3 is 2. The molecule has 0 aromatic rings. The van der Waals surface area contributed by atoms with Crippen molar-refractivity contribution in [2.45, 2.75) is 179 Å². The predicted molar refractivity (Wildman–Crippen MR) is 191 cm³/mol. The molecule has 0 spiro atoms. The van der Waals surface area contributed by atoms with Crippen molar-refractivity contribution in [3.05, 3.63) is 0 Å². The Hall–Kier alpha value is -1.50. The number of ether oxygens (including phenoxy) is 7. The second-order valence-corrected chi connectivity index (χ2v) is 16.1. The number of likely N-dealkylation sites (N-methyl/N-ethyl adjacent to an activating group) is 1. The Balaban J connectivity index is 2.24. The van der Waals surface area contributed by atoms with E-state index in [0.29, 0.717) is 6.42 Å². The van der Waals surface area contributed by atoms with Crippen LogP contribution in [0.15, 0.2) is 5.16 Å². The molecule has 3 heterocycles. The molecule has 3 fully saturated rings. The number of esters is 1. The van der Waals surface area contributed by atoms with E-state index < -0.39 is 102 Å². The van der Waals surface area contributed by atoms with E-state index in [1.54, 1.807) is 41.7 Å². The summed E-state index contributed by atoms with van der Waals surface area (Å²) in [5, 5.41) is 62.7. The second-order valence-electron chi connectivity index (χ2n) is 16.1. The zero-order valence-electron chi connectivity index (χ0n) is 33.4. The van der Waals surface area contributed by atoms with Crippen LogP contribution in [0.2, 0.25) is 0 Å². The molecule has 3 aliphatic rings. The van der Waals surface area contributed by atoms with Gasteiger partial charge in [-0.1, -0.05) is 32.9 Å². The number of aliphatic hydroxyl groups excluding tert-OH is 3. The Morgan fingerprint density at radius 3 is 2.06 bits per heavy atom. The summed E-state index contributed by atoms with van der Waals surface area (Å²) in [6.45, 7) is 17.3. The van der Waals surface area contributed by atoms with Crippen LogP contribution in [0, 0.1) is 23.7 Å². The molecule has 0 unspecified atom stereocenters. The van der Waals surface area contributed by atoms with Gasteiger partial charge in [0.1, 0.15) is 23.9 Å². The van der Waals surface area contributed by atoms with Crippen LogP contribution in [0.4, 0.5) is 0 Å². The van der Waals surface area contributed by atoms with E-state index in [4.69, 9.17) is 33.2 Å². The van der Waals surface area contributed by atoms with Crippen molar-refractivity contribution >= 4 is 11.7 Å². The van der Waals surface area contributed by atoms with Gasteiger partial charge in [-0.3, -0.25) is 4.79 Å². The van der Waals surface area contributed by atoms with Crippen LogP contribution in [0.3, 0.4) is 0 Å². The van der Waals surface area contributed by atoms with E-state index in [-0.39, 0.29) is 37.1 Å². The highest BCUT2D eigenvalue weighted by atomic mass is 16.7.